The van der Waals surface area contributed by atoms with Crippen molar-refractivity contribution in [1.29, 1.82) is 0 Å². The number of carbonyl (C=O) groups excluding carboxylic acids is 2. The highest BCUT2D eigenvalue weighted by atomic mass is 16.5. The Hall–Kier alpha value is -2.04. The maximum Gasteiger partial charge on any atom is 0.260 e. The van der Waals surface area contributed by atoms with Crippen LogP contribution in [-0.2, 0) is 9.59 Å². The van der Waals surface area contributed by atoms with Crippen molar-refractivity contribution >= 4 is 17.5 Å². The van der Waals surface area contributed by atoms with E-state index in [1.54, 1.807) is 24.3 Å². The first-order valence-corrected chi connectivity index (χ1v) is 7.36. The van der Waals surface area contributed by atoms with E-state index in [0.29, 0.717) is 17.5 Å². The van der Waals surface area contributed by atoms with Gasteiger partial charge in [0.25, 0.3) is 5.91 Å². The third-order valence-corrected chi connectivity index (χ3v) is 3.66. The van der Waals surface area contributed by atoms with Crippen molar-refractivity contribution in [2.24, 2.45) is 0 Å². The van der Waals surface area contributed by atoms with E-state index in [-0.39, 0.29) is 18.4 Å². The predicted octanol–water partition coefficient (Wildman–Crippen LogP) is 2.42. The van der Waals surface area contributed by atoms with E-state index in [2.05, 4.69) is 12.2 Å². The Kier molecular flexibility index (Phi) is 5.20. The molecule has 1 aromatic carbocycles. The zero-order chi connectivity index (χ0) is 15.2. The van der Waals surface area contributed by atoms with E-state index in [1.165, 1.54) is 13.3 Å². The smallest absolute Gasteiger partial charge is 0.260 e. The highest BCUT2D eigenvalue weighted by Crippen LogP contribution is 2.18. The number of piperidine rings is 1. The summed E-state index contributed by atoms with van der Waals surface area (Å²) >= 11 is 0. The molecule has 1 aliphatic heterocycles. The Balaban J connectivity index is 1.84. The molecule has 1 saturated heterocycles. The normalized spacial score (nSPS) is 18.2. The minimum Gasteiger partial charge on any atom is -0.484 e. The van der Waals surface area contributed by atoms with Gasteiger partial charge in [0.05, 0.1) is 0 Å². The Morgan fingerprint density at radius 1 is 1.29 bits per heavy atom. The number of hydrogen-bond donors (Lipinski definition) is 1. The zero-order valence-electron chi connectivity index (χ0n) is 12.6. The summed E-state index contributed by atoms with van der Waals surface area (Å²) in [5, 5.41) is 2.68. The number of nitrogens with zero attached hydrogens (tertiary/aromatic N) is 1. The van der Waals surface area contributed by atoms with Gasteiger partial charge in [0.15, 0.2) is 6.61 Å². The molecular weight excluding hydrogens is 268 g/mol. The van der Waals surface area contributed by atoms with Crippen LogP contribution in [-0.4, -0.2) is 35.9 Å². The molecule has 0 spiro atoms. The van der Waals surface area contributed by atoms with Crippen LogP contribution in [0.2, 0.25) is 0 Å². The number of likely N-dealkylation sites (tertiary alicyclic amines) is 1. The van der Waals surface area contributed by atoms with Gasteiger partial charge in [-0.05, 0) is 50.5 Å². The molecule has 1 aromatic rings. The van der Waals surface area contributed by atoms with Crippen LogP contribution in [0.1, 0.15) is 33.1 Å². The number of rotatable bonds is 4. The van der Waals surface area contributed by atoms with E-state index in [4.69, 9.17) is 4.74 Å². The molecule has 1 atom stereocenters. The minimum atomic E-state index is -0.113. The molecule has 2 rings (SSSR count). The first kappa shape index (κ1) is 15.4. The number of amides is 2. The summed E-state index contributed by atoms with van der Waals surface area (Å²) in [5.41, 5.74) is 0.714. The molecule has 1 fully saturated rings. The van der Waals surface area contributed by atoms with Crippen molar-refractivity contribution in [2.75, 3.05) is 18.5 Å². The molecule has 0 radical (unpaired) electrons. The van der Waals surface area contributed by atoms with Crippen molar-refractivity contribution in [3.63, 3.8) is 0 Å². The lowest BCUT2D eigenvalue weighted by Gasteiger charge is -2.33. The molecule has 5 heteroatoms. The van der Waals surface area contributed by atoms with Gasteiger partial charge in [0.2, 0.25) is 5.91 Å². The quantitative estimate of drug-likeness (QED) is 0.926. The van der Waals surface area contributed by atoms with Crippen molar-refractivity contribution in [2.45, 2.75) is 39.2 Å². The van der Waals surface area contributed by atoms with Gasteiger partial charge in [0, 0.05) is 25.2 Å². The molecule has 114 valence electrons. The van der Waals surface area contributed by atoms with Gasteiger partial charge >= 0.3 is 0 Å². The van der Waals surface area contributed by atoms with E-state index in [0.717, 1.165) is 19.4 Å². The van der Waals surface area contributed by atoms with Crippen LogP contribution in [0.15, 0.2) is 24.3 Å². The number of benzene rings is 1. The van der Waals surface area contributed by atoms with Gasteiger partial charge in [-0.25, -0.2) is 0 Å². The monoisotopic (exact) mass is 290 g/mol. The topological polar surface area (TPSA) is 58.6 Å². The highest BCUT2D eigenvalue weighted by Gasteiger charge is 2.23. The van der Waals surface area contributed by atoms with Crippen molar-refractivity contribution < 1.29 is 14.3 Å². The van der Waals surface area contributed by atoms with Gasteiger partial charge in [-0.15, -0.1) is 0 Å². The van der Waals surface area contributed by atoms with E-state index >= 15 is 0 Å². The molecule has 1 N–H and O–H groups in total. The van der Waals surface area contributed by atoms with E-state index in [9.17, 15) is 9.59 Å². The zero-order valence-corrected chi connectivity index (χ0v) is 12.6. The van der Waals surface area contributed by atoms with Crippen molar-refractivity contribution in [1.82, 2.24) is 4.90 Å². The second-order valence-electron chi connectivity index (χ2n) is 5.43. The summed E-state index contributed by atoms with van der Waals surface area (Å²) in [4.78, 5) is 25.0. The third-order valence-electron chi connectivity index (χ3n) is 3.66. The van der Waals surface area contributed by atoms with Crippen LogP contribution < -0.4 is 10.1 Å². The molecule has 5 nitrogen and oxygen atoms in total. The standard InChI is InChI=1S/C16H22N2O3/c1-12-5-3-4-10-18(12)16(20)11-21-15-8-6-14(7-9-15)17-13(2)19/h6-9,12H,3-5,10-11H2,1-2H3,(H,17,19)/t12-/m0/s1. The number of anilines is 1. The molecule has 0 saturated carbocycles. The SMILES string of the molecule is CC(=O)Nc1ccc(OCC(=O)N2CCCC[C@@H]2C)cc1. The average Bonchev–Trinajstić information content (AvgIpc) is 2.46. The molecule has 0 aromatic heterocycles. The van der Waals surface area contributed by atoms with Crippen molar-refractivity contribution in [3.8, 4) is 5.75 Å². The third kappa shape index (κ3) is 4.48. The van der Waals surface area contributed by atoms with Crippen LogP contribution in [0.4, 0.5) is 5.69 Å². The average molecular weight is 290 g/mol. The Labute approximate surface area is 125 Å². The number of ether oxygens (including phenoxy) is 1. The number of carbonyl (C=O) groups is 2. The molecule has 21 heavy (non-hydrogen) atoms. The predicted molar refractivity (Wildman–Crippen MR) is 81.3 cm³/mol. The minimum absolute atomic E-state index is 0.0353. The molecule has 2 amide bonds. The summed E-state index contributed by atoms with van der Waals surface area (Å²) in [6.07, 6.45) is 3.33. The van der Waals surface area contributed by atoms with Gasteiger partial charge < -0.3 is 15.0 Å². The van der Waals surface area contributed by atoms with Crippen LogP contribution in [0, 0.1) is 0 Å². The van der Waals surface area contributed by atoms with Gasteiger partial charge in [-0.3, -0.25) is 9.59 Å². The maximum absolute atomic E-state index is 12.1. The Morgan fingerprint density at radius 3 is 2.62 bits per heavy atom. The van der Waals surface area contributed by atoms with Crippen LogP contribution in [0.5, 0.6) is 5.75 Å². The van der Waals surface area contributed by atoms with Crippen LogP contribution >= 0.6 is 0 Å². The number of hydrogen-bond acceptors (Lipinski definition) is 3. The fourth-order valence-corrected chi connectivity index (χ4v) is 2.53. The molecular formula is C16H22N2O3. The van der Waals surface area contributed by atoms with Crippen LogP contribution in [0.25, 0.3) is 0 Å². The largest absolute Gasteiger partial charge is 0.484 e. The lowest BCUT2D eigenvalue weighted by molar-refractivity contribution is -0.136. The fourth-order valence-electron chi connectivity index (χ4n) is 2.53. The summed E-state index contributed by atoms with van der Waals surface area (Å²) in [5.74, 6) is 0.549. The van der Waals surface area contributed by atoms with Gasteiger partial charge in [-0.2, -0.15) is 0 Å². The van der Waals surface area contributed by atoms with E-state index in [1.807, 2.05) is 4.90 Å². The summed E-state index contributed by atoms with van der Waals surface area (Å²) < 4.78 is 5.53. The molecule has 0 aliphatic carbocycles. The van der Waals surface area contributed by atoms with Crippen molar-refractivity contribution in [3.05, 3.63) is 24.3 Å². The summed E-state index contributed by atoms with van der Waals surface area (Å²) in [6, 6.07) is 7.31. The van der Waals surface area contributed by atoms with Crippen LogP contribution in [0.3, 0.4) is 0 Å². The van der Waals surface area contributed by atoms with Gasteiger partial charge in [0.1, 0.15) is 5.75 Å². The molecule has 1 aliphatic rings. The molecule has 1 heterocycles. The fraction of sp³-hybridized carbons (Fsp3) is 0.500. The van der Waals surface area contributed by atoms with Gasteiger partial charge in [-0.1, -0.05) is 0 Å². The first-order valence-electron chi connectivity index (χ1n) is 7.36. The number of nitrogens with one attached hydrogen (secondary N) is 1. The van der Waals surface area contributed by atoms with E-state index < -0.39 is 0 Å². The summed E-state index contributed by atoms with van der Waals surface area (Å²) in [6.45, 7) is 4.43. The Bertz CT molecular complexity index is 499. The summed E-state index contributed by atoms with van der Waals surface area (Å²) in [7, 11) is 0. The molecule has 0 bridgehead atoms. The second-order valence-corrected chi connectivity index (χ2v) is 5.43. The maximum atomic E-state index is 12.1. The highest BCUT2D eigenvalue weighted by molar-refractivity contribution is 5.88. The second kappa shape index (κ2) is 7.11. The molecule has 0 unspecified atom stereocenters. The Morgan fingerprint density at radius 2 is 2.00 bits per heavy atom. The lowest BCUT2D eigenvalue weighted by atomic mass is 10.0. The lowest BCUT2D eigenvalue weighted by Crippen LogP contribution is -2.44. The first-order chi connectivity index (χ1) is 10.1.